The highest BCUT2D eigenvalue weighted by Crippen LogP contribution is 2.31. The lowest BCUT2D eigenvalue weighted by molar-refractivity contribution is 0.401. The highest BCUT2D eigenvalue weighted by Gasteiger charge is 2.30. The van der Waals surface area contributed by atoms with E-state index in [9.17, 15) is 0 Å². The quantitative estimate of drug-likeness (QED) is 0.807. The second-order valence-corrected chi connectivity index (χ2v) is 5.76. The largest absolute Gasteiger partial charge is 0.480 e. The standard InChI is InChI=1S/C15H18BN5O/c1-10-19-14-13(15(20-10)22-3)6-12(7-18-14)21-5-4-11(8-21)16(2)9-17/h6-7,11H,4-5,8H2,1-3H3. The van der Waals surface area contributed by atoms with Gasteiger partial charge in [-0.15, -0.1) is 0 Å². The van der Waals surface area contributed by atoms with E-state index in [0.29, 0.717) is 23.2 Å². The van der Waals surface area contributed by atoms with E-state index in [-0.39, 0.29) is 6.71 Å². The van der Waals surface area contributed by atoms with E-state index in [2.05, 4.69) is 25.8 Å². The molecule has 3 rings (SSSR count). The van der Waals surface area contributed by atoms with Gasteiger partial charge in [-0.2, -0.15) is 4.98 Å². The van der Waals surface area contributed by atoms with Crippen molar-refractivity contribution >= 4 is 23.4 Å². The fourth-order valence-corrected chi connectivity index (χ4v) is 2.94. The van der Waals surface area contributed by atoms with E-state index in [4.69, 9.17) is 10.00 Å². The number of pyridine rings is 1. The molecule has 0 amide bonds. The van der Waals surface area contributed by atoms with Crippen molar-refractivity contribution in [2.75, 3.05) is 25.1 Å². The third kappa shape index (κ3) is 2.57. The van der Waals surface area contributed by atoms with Gasteiger partial charge in [-0.3, -0.25) is 0 Å². The molecule has 1 fully saturated rings. The molecule has 6 nitrogen and oxygen atoms in total. The maximum absolute atomic E-state index is 9.07. The van der Waals surface area contributed by atoms with Crippen LogP contribution in [0.3, 0.4) is 0 Å². The Kier molecular flexibility index (Phi) is 3.84. The van der Waals surface area contributed by atoms with Gasteiger partial charge in [0.05, 0.1) is 24.4 Å². The summed E-state index contributed by atoms with van der Waals surface area (Å²) in [6.07, 6.45) is 2.88. The zero-order chi connectivity index (χ0) is 15.7. The van der Waals surface area contributed by atoms with Crippen LogP contribution in [0.15, 0.2) is 12.3 Å². The molecule has 22 heavy (non-hydrogen) atoms. The van der Waals surface area contributed by atoms with Gasteiger partial charge >= 0.3 is 0 Å². The minimum Gasteiger partial charge on any atom is -0.480 e. The van der Waals surface area contributed by atoms with Crippen molar-refractivity contribution in [3.05, 3.63) is 18.1 Å². The molecule has 3 heterocycles. The van der Waals surface area contributed by atoms with Crippen LogP contribution in [0.2, 0.25) is 12.6 Å². The average molecular weight is 295 g/mol. The average Bonchev–Trinajstić information content (AvgIpc) is 3.02. The molecule has 1 unspecified atom stereocenters. The number of nitriles is 1. The topological polar surface area (TPSA) is 74.9 Å². The summed E-state index contributed by atoms with van der Waals surface area (Å²) in [5.41, 5.74) is 1.68. The van der Waals surface area contributed by atoms with E-state index in [1.165, 1.54) is 0 Å². The summed E-state index contributed by atoms with van der Waals surface area (Å²) in [5, 5.41) is 9.90. The fourth-order valence-electron chi connectivity index (χ4n) is 2.94. The summed E-state index contributed by atoms with van der Waals surface area (Å²) in [6.45, 7) is 5.73. The summed E-state index contributed by atoms with van der Waals surface area (Å²) >= 11 is 0. The predicted molar refractivity (Wildman–Crippen MR) is 86.4 cm³/mol. The van der Waals surface area contributed by atoms with Crippen molar-refractivity contribution in [2.45, 2.75) is 26.0 Å². The van der Waals surface area contributed by atoms with Crippen molar-refractivity contribution in [3.8, 4) is 11.8 Å². The number of nitrogens with zero attached hydrogens (tertiary/aromatic N) is 5. The third-order valence-electron chi connectivity index (χ3n) is 4.31. The first-order valence-electron chi connectivity index (χ1n) is 7.45. The Hall–Kier alpha value is -2.36. The maximum atomic E-state index is 9.07. The Balaban J connectivity index is 1.93. The molecule has 0 aliphatic carbocycles. The Bertz CT molecular complexity index is 745. The van der Waals surface area contributed by atoms with Crippen LogP contribution < -0.4 is 9.64 Å². The normalized spacial score (nSPS) is 17.5. The number of aryl methyl sites for hydroxylation is 1. The van der Waals surface area contributed by atoms with Gasteiger partial charge in [0.25, 0.3) is 6.71 Å². The number of rotatable bonds is 3. The van der Waals surface area contributed by atoms with Crippen LogP contribution in [0, 0.1) is 18.2 Å². The molecule has 1 aliphatic heterocycles. The molecule has 2 aromatic rings. The molecule has 0 N–H and O–H groups in total. The van der Waals surface area contributed by atoms with Crippen LogP contribution in [0.1, 0.15) is 12.2 Å². The van der Waals surface area contributed by atoms with Crippen LogP contribution in [-0.4, -0.2) is 41.9 Å². The zero-order valence-electron chi connectivity index (χ0n) is 13.1. The van der Waals surface area contributed by atoms with Crippen LogP contribution in [0.25, 0.3) is 11.0 Å². The fraction of sp³-hybridized carbons (Fsp3) is 0.467. The van der Waals surface area contributed by atoms with Crippen molar-refractivity contribution in [3.63, 3.8) is 0 Å². The molecule has 0 bridgehead atoms. The number of anilines is 1. The number of methoxy groups -OCH3 is 1. The van der Waals surface area contributed by atoms with E-state index < -0.39 is 0 Å². The maximum Gasteiger partial charge on any atom is 0.269 e. The van der Waals surface area contributed by atoms with Crippen LogP contribution in [0.4, 0.5) is 5.69 Å². The molecule has 112 valence electrons. The van der Waals surface area contributed by atoms with Crippen molar-refractivity contribution in [1.29, 1.82) is 5.26 Å². The molecular formula is C15H18BN5O. The summed E-state index contributed by atoms with van der Waals surface area (Å²) in [4.78, 5) is 15.4. The molecule has 1 saturated heterocycles. The van der Waals surface area contributed by atoms with E-state index in [0.717, 1.165) is 30.6 Å². The number of aromatic nitrogens is 3. The van der Waals surface area contributed by atoms with Gasteiger partial charge in [-0.25, -0.2) is 15.2 Å². The molecule has 0 radical (unpaired) electrons. The summed E-state index contributed by atoms with van der Waals surface area (Å²) in [6, 6.07) is 2.03. The second-order valence-electron chi connectivity index (χ2n) is 5.76. The van der Waals surface area contributed by atoms with Gasteiger partial charge in [-0.05, 0) is 25.2 Å². The van der Waals surface area contributed by atoms with E-state index in [1.54, 1.807) is 7.11 Å². The molecule has 1 atom stereocenters. The van der Waals surface area contributed by atoms with Crippen LogP contribution in [-0.2, 0) is 0 Å². The lowest BCUT2D eigenvalue weighted by Gasteiger charge is -2.19. The van der Waals surface area contributed by atoms with E-state index in [1.807, 2.05) is 26.0 Å². The molecule has 0 aromatic carbocycles. The monoisotopic (exact) mass is 295 g/mol. The highest BCUT2D eigenvalue weighted by atomic mass is 16.5. The lowest BCUT2D eigenvalue weighted by Crippen LogP contribution is -2.22. The van der Waals surface area contributed by atoms with Crippen molar-refractivity contribution in [2.24, 2.45) is 0 Å². The van der Waals surface area contributed by atoms with Crippen molar-refractivity contribution in [1.82, 2.24) is 15.0 Å². The van der Waals surface area contributed by atoms with Gasteiger partial charge in [0.15, 0.2) is 5.65 Å². The third-order valence-corrected chi connectivity index (χ3v) is 4.31. The van der Waals surface area contributed by atoms with Gasteiger partial charge in [0, 0.05) is 19.1 Å². The first-order valence-corrected chi connectivity index (χ1v) is 7.45. The smallest absolute Gasteiger partial charge is 0.269 e. The zero-order valence-corrected chi connectivity index (χ0v) is 13.1. The summed E-state index contributed by atoms with van der Waals surface area (Å²) in [7, 11) is 1.61. The summed E-state index contributed by atoms with van der Waals surface area (Å²) < 4.78 is 5.35. The first kappa shape index (κ1) is 14.6. The van der Waals surface area contributed by atoms with Crippen LogP contribution >= 0.6 is 0 Å². The summed E-state index contributed by atoms with van der Waals surface area (Å²) in [5.74, 6) is 3.97. The Morgan fingerprint density at radius 3 is 3.00 bits per heavy atom. The Labute approximate surface area is 130 Å². The van der Waals surface area contributed by atoms with Gasteiger partial charge in [0.2, 0.25) is 5.88 Å². The number of hydrogen-bond donors (Lipinski definition) is 0. The Morgan fingerprint density at radius 2 is 2.27 bits per heavy atom. The number of hydrogen-bond acceptors (Lipinski definition) is 6. The lowest BCUT2D eigenvalue weighted by atomic mass is 9.44. The van der Waals surface area contributed by atoms with Gasteiger partial charge < -0.3 is 9.64 Å². The number of ether oxygens (including phenoxy) is 1. The number of fused-ring (bicyclic) bond motifs is 1. The van der Waals surface area contributed by atoms with E-state index >= 15 is 0 Å². The van der Waals surface area contributed by atoms with Crippen molar-refractivity contribution < 1.29 is 4.74 Å². The van der Waals surface area contributed by atoms with Crippen LogP contribution in [0.5, 0.6) is 5.88 Å². The minimum atomic E-state index is 0.0823. The SMILES string of the molecule is COc1nc(C)nc2ncc(N3CCC(B(C)C#N)C3)cc12. The molecule has 0 spiro atoms. The highest BCUT2D eigenvalue weighted by molar-refractivity contribution is 6.67. The predicted octanol–water partition coefficient (Wildman–Crippen LogP) is 2.11. The molecule has 2 aromatic heterocycles. The molecule has 1 aliphatic rings. The van der Waals surface area contributed by atoms with Gasteiger partial charge in [-0.1, -0.05) is 6.82 Å². The van der Waals surface area contributed by atoms with Gasteiger partial charge in [0.1, 0.15) is 5.82 Å². The molecule has 7 heteroatoms. The first-order chi connectivity index (χ1) is 10.6. The molecule has 0 saturated carbocycles. The Morgan fingerprint density at radius 1 is 1.45 bits per heavy atom. The minimum absolute atomic E-state index is 0.0823. The second kappa shape index (κ2) is 5.80. The molecular weight excluding hydrogens is 277 g/mol.